The molecule has 9 heavy (non-hydrogen) atoms. The van der Waals surface area contributed by atoms with Gasteiger partial charge in [0, 0.05) is 0 Å². The number of carbonyl (C=O) groups is 2. The second kappa shape index (κ2) is 3.65. The van der Waals surface area contributed by atoms with Gasteiger partial charge in [0.1, 0.15) is 5.57 Å². The lowest BCUT2D eigenvalue weighted by atomic mass is 10.3. The van der Waals surface area contributed by atoms with Crippen LogP contribution in [0.3, 0.4) is 0 Å². The fourth-order valence-corrected chi connectivity index (χ4v) is 0.249. The number of esters is 1. The van der Waals surface area contributed by atoms with E-state index in [4.69, 9.17) is 5.11 Å². The molecule has 0 aromatic heterocycles. The maximum atomic E-state index is 10.3. The monoisotopic (exact) mass is 130 g/mol. The standard InChI is InChI=1S/C5H6O4/c1-9-5(8)4(2-6)3-7/h2-3,6H,1H3/b4-2-. The quantitative estimate of drug-likeness (QED) is 0.140. The van der Waals surface area contributed by atoms with E-state index in [-0.39, 0.29) is 6.29 Å². The number of hydrogen-bond donors (Lipinski definition) is 1. The first kappa shape index (κ1) is 7.68. The predicted molar refractivity (Wildman–Crippen MR) is 28.8 cm³/mol. The van der Waals surface area contributed by atoms with Crippen molar-refractivity contribution in [3.05, 3.63) is 11.8 Å². The zero-order valence-electron chi connectivity index (χ0n) is 4.83. The molecule has 50 valence electrons. The number of hydrogen-bond acceptors (Lipinski definition) is 4. The number of aliphatic hydroxyl groups is 1. The highest BCUT2D eigenvalue weighted by Crippen LogP contribution is 1.89. The van der Waals surface area contributed by atoms with Crippen LogP contribution < -0.4 is 0 Å². The summed E-state index contributed by atoms with van der Waals surface area (Å²) in [6, 6.07) is 0. The van der Waals surface area contributed by atoms with E-state index in [2.05, 4.69) is 4.74 Å². The van der Waals surface area contributed by atoms with E-state index in [0.717, 1.165) is 7.11 Å². The molecule has 0 radical (unpaired) electrons. The summed E-state index contributed by atoms with van der Waals surface area (Å²) in [5.41, 5.74) is -0.391. The summed E-state index contributed by atoms with van der Waals surface area (Å²) in [5.74, 6) is -0.840. The lowest BCUT2D eigenvalue weighted by molar-refractivity contribution is -0.136. The van der Waals surface area contributed by atoms with Crippen LogP contribution in [0.5, 0.6) is 0 Å². The lowest BCUT2D eigenvalue weighted by Crippen LogP contribution is -2.05. The summed E-state index contributed by atoms with van der Waals surface area (Å²) in [7, 11) is 1.12. The van der Waals surface area contributed by atoms with Crippen LogP contribution in [0.25, 0.3) is 0 Å². The van der Waals surface area contributed by atoms with Gasteiger partial charge in [-0.3, -0.25) is 4.79 Å². The summed E-state index contributed by atoms with van der Waals surface area (Å²) in [4.78, 5) is 20.1. The van der Waals surface area contributed by atoms with Gasteiger partial charge in [-0.1, -0.05) is 0 Å². The van der Waals surface area contributed by atoms with Crippen molar-refractivity contribution in [3.8, 4) is 0 Å². The van der Waals surface area contributed by atoms with E-state index in [1.165, 1.54) is 0 Å². The Morgan fingerprint density at radius 1 is 1.67 bits per heavy atom. The molecule has 0 heterocycles. The van der Waals surface area contributed by atoms with E-state index < -0.39 is 11.5 Å². The number of aliphatic hydroxyl groups excluding tert-OH is 1. The predicted octanol–water partition coefficient (Wildman–Crippen LogP) is -0.200. The summed E-state index contributed by atoms with van der Waals surface area (Å²) in [6.07, 6.45) is 0.616. The van der Waals surface area contributed by atoms with Gasteiger partial charge in [-0.2, -0.15) is 0 Å². The fourth-order valence-electron chi connectivity index (χ4n) is 0.249. The van der Waals surface area contributed by atoms with Gasteiger partial charge in [-0.25, -0.2) is 4.79 Å². The molecule has 4 heteroatoms. The molecule has 0 unspecified atom stereocenters. The van der Waals surface area contributed by atoms with Gasteiger partial charge in [-0.15, -0.1) is 0 Å². The van der Waals surface area contributed by atoms with E-state index in [9.17, 15) is 9.59 Å². The van der Waals surface area contributed by atoms with Crippen LogP contribution in [0.1, 0.15) is 0 Å². The molecule has 0 aromatic carbocycles. The minimum absolute atomic E-state index is 0.214. The van der Waals surface area contributed by atoms with Crippen molar-refractivity contribution in [2.45, 2.75) is 0 Å². The molecular weight excluding hydrogens is 124 g/mol. The highest BCUT2D eigenvalue weighted by Gasteiger charge is 2.06. The molecule has 0 atom stereocenters. The van der Waals surface area contributed by atoms with Crippen molar-refractivity contribution in [3.63, 3.8) is 0 Å². The second-order valence-electron chi connectivity index (χ2n) is 1.19. The SMILES string of the molecule is COC(=O)/C(C=O)=C\O. The average molecular weight is 130 g/mol. The molecule has 0 saturated carbocycles. The first-order valence-electron chi connectivity index (χ1n) is 2.14. The average Bonchev–Trinajstić information content (AvgIpc) is 1.90. The van der Waals surface area contributed by atoms with Crippen LogP contribution in [0.2, 0.25) is 0 Å². The number of rotatable bonds is 2. The zero-order valence-corrected chi connectivity index (χ0v) is 4.83. The van der Waals surface area contributed by atoms with Crippen molar-refractivity contribution >= 4 is 12.3 Å². The van der Waals surface area contributed by atoms with Gasteiger partial charge >= 0.3 is 5.97 Å². The fraction of sp³-hybridized carbons (Fsp3) is 0.200. The summed E-state index contributed by atoms with van der Waals surface area (Å²) in [6.45, 7) is 0. The van der Waals surface area contributed by atoms with E-state index in [0.29, 0.717) is 6.26 Å². The number of methoxy groups -OCH3 is 1. The molecule has 0 aliphatic rings. The third-order valence-electron chi connectivity index (χ3n) is 0.687. The Balaban J connectivity index is 4.14. The molecule has 0 amide bonds. The van der Waals surface area contributed by atoms with Gasteiger partial charge in [0.25, 0.3) is 0 Å². The Labute approximate surface area is 51.7 Å². The Hall–Kier alpha value is -1.32. The maximum Gasteiger partial charge on any atom is 0.344 e. The third-order valence-corrected chi connectivity index (χ3v) is 0.687. The normalized spacial score (nSPS) is 10.6. The molecule has 0 bridgehead atoms. The van der Waals surface area contributed by atoms with Crippen molar-refractivity contribution in [1.82, 2.24) is 0 Å². The minimum Gasteiger partial charge on any atom is -0.515 e. The van der Waals surface area contributed by atoms with Gasteiger partial charge in [0.05, 0.1) is 13.4 Å². The highest BCUT2D eigenvalue weighted by atomic mass is 16.5. The summed E-state index contributed by atoms with van der Waals surface area (Å²) < 4.78 is 4.10. The van der Waals surface area contributed by atoms with Crippen LogP contribution in [0.4, 0.5) is 0 Å². The number of carbonyl (C=O) groups excluding carboxylic acids is 2. The van der Waals surface area contributed by atoms with Gasteiger partial charge < -0.3 is 9.84 Å². The summed E-state index contributed by atoms with van der Waals surface area (Å²) >= 11 is 0. The maximum absolute atomic E-state index is 10.3. The zero-order chi connectivity index (χ0) is 7.28. The van der Waals surface area contributed by atoms with Crippen LogP contribution in [0, 0.1) is 0 Å². The highest BCUT2D eigenvalue weighted by molar-refractivity contribution is 6.07. The minimum atomic E-state index is -0.840. The molecule has 0 spiro atoms. The molecule has 0 aliphatic heterocycles. The smallest absolute Gasteiger partial charge is 0.344 e. The van der Waals surface area contributed by atoms with Crippen LogP contribution in [0.15, 0.2) is 11.8 Å². The number of aldehydes is 1. The van der Waals surface area contributed by atoms with Crippen LogP contribution in [-0.2, 0) is 14.3 Å². The van der Waals surface area contributed by atoms with E-state index in [1.807, 2.05) is 0 Å². The van der Waals surface area contributed by atoms with Gasteiger partial charge in [0.15, 0.2) is 6.29 Å². The Morgan fingerprint density at radius 3 is 2.33 bits per heavy atom. The molecule has 1 N–H and O–H groups in total. The van der Waals surface area contributed by atoms with Gasteiger partial charge in [0.2, 0.25) is 0 Å². The first-order chi connectivity index (χ1) is 4.26. The van der Waals surface area contributed by atoms with E-state index in [1.54, 1.807) is 0 Å². The molecule has 0 aromatic rings. The second-order valence-corrected chi connectivity index (χ2v) is 1.19. The van der Waals surface area contributed by atoms with E-state index >= 15 is 0 Å². The Bertz CT molecular complexity index is 147. The topological polar surface area (TPSA) is 63.6 Å². The third kappa shape index (κ3) is 1.94. The first-order valence-corrected chi connectivity index (χ1v) is 2.14. The molecule has 0 fully saturated rings. The van der Waals surface area contributed by atoms with Crippen molar-refractivity contribution in [1.29, 1.82) is 0 Å². The largest absolute Gasteiger partial charge is 0.515 e. The molecule has 0 aliphatic carbocycles. The Kier molecular flexibility index (Phi) is 3.12. The van der Waals surface area contributed by atoms with Crippen LogP contribution >= 0.6 is 0 Å². The van der Waals surface area contributed by atoms with Crippen LogP contribution in [-0.4, -0.2) is 24.5 Å². The molecule has 0 rings (SSSR count). The lowest BCUT2D eigenvalue weighted by Gasteiger charge is -1.92. The van der Waals surface area contributed by atoms with Crippen molar-refractivity contribution < 1.29 is 19.4 Å². The van der Waals surface area contributed by atoms with Gasteiger partial charge in [-0.05, 0) is 0 Å². The molecule has 4 nitrogen and oxygen atoms in total. The van der Waals surface area contributed by atoms with Crippen molar-refractivity contribution in [2.24, 2.45) is 0 Å². The van der Waals surface area contributed by atoms with Crippen molar-refractivity contribution in [2.75, 3.05) is 7.11 Å². The molecule has 0 saturated heterocycles. The summed E-state index contributed by atoms with van der Waals surface area (Å²) in [5, 5.41) is 8.13. The Morgan fingerprint density at radius 2 is 2.22 bits per heavy atom. The number of ether oxygens (including phenoxy) is 1. The molecular formula is C5H6O4.